The number of carbonyl (C=O) groups is 1. The molecule has 0 atom stereocenters. The van der Waals surface area contributed by atoms with E-state index in [9.17, 15) is 9.18 Å². The Hall–Kier alpha value is -2.14. The van der Waals surface area contributed by atoms with Gasteiger partial charge in [0.05, 0.1) is 17.2 Å². The highest BCUT2D eigenvalue weighted by molar-refractivity contribution is 6.30. The topological polar surface area (TPSA) is 48.4 Å². The van der Waals surface area contributed by atoms with E-state index in [-0.39, 0.29) is 10.9 Å². The van der Waals surface area contributed by atoms with Crippen LogP contribution in [0.25, 0.3) is 0 Å². The van der Waals surface area contributed by atoms with E-state index in [1.807, 2.05) is 0 Å². The van der Waals surface area contributed by atoms with E-state index < -0.39 is 11.8 Å². The molecule has 0 saturated heterocycles. The number of carbonyl (C=O) groups excluding carboxylic acids is 1. The van der Waals surface area contributed by atoms with Gasteiger partial charge in [0.2, 0.25) is 0 Å². The van der Waals surface area contributed by atoms with E-state index in [1.54, 1.807) is 6.92 Å². The number of hydrogen-bond donors (Lipinski definition) is 0. The van der Waals surface area contributed by atoms with E-state index in [1.165, 1.54) is 30.5 Å². The summed E-state index contributed by atoms with van der Waals surface area (Å²) in [4.78, 5) is 15.2. The molecular formula is C14H11ClFNO3. The number of pyridine rings is 1. The van der Waals surface area contributed by atoms with Crippen LogP contribution in [0.15, 0.2) is 36.5 Å². The molecule has 0 aliphatic carbocycles. The number of halogens is 2. The summed E-state index contributed by atoms with van der Waals surface area (Å²) in [5.74, 6) is -0.910. The van der Waals surface area contributed by atoms with Crippen molar-refractivity contribution in [1.29, 1.82) is 0 Å². The Labute approximate surface area is 120 Å². The molecule has 2 aromatic rings. The lowest BCUT2D eigenvalue weighted by Gasteiger charge is -2.06. The van der Waals surface area contributed by atoms with E-state index in [0.717, 1.165) is 6.07 Å². The molecule has 0 saturated carbocycles. The van der Waals surface area contributed by atoms with Crippen LogP contribution in [0, 0.1) is 5.82 Å². The van der Waals surface area contributed by atoms with Crippen molar-refractivity contribution in [3.05, 3.63) is 52.9 Å². The van der Waals surface area contributed by atoms with Crippen molar-refractivity contribution < 1.29 is 18.7 Å². The van der Waals surface area contributed by atoms with Gasteiger partial charge in [-0.1, -0.05) is 11.6 Å². The predicted octanol–water partition coefficient (Wildman–Crippen LogP) is 3.84. The third-order valence-corrected chi connectivity index (χ3v) is 2.56. The van der Waals surface area contributed by atoms with Crippen molar-refractivity contribution in [2.24, 2.45) is 0 Å². The summed E-state index contributed by atoms with van der Waals surface area (Å²) in [6.45, 7) is 2.03. The second-order valence-electron chi connectivity index (χ2n) is 3.79. The smallest absolute Gasteiger partial charge is 0.338 e. The minimum Gasteiger partial charge on any atom is -0.462 e. The second kappa shape index (κ2) is 6.34. The quantitative estimate of drug-likeness (QED) is 0.804. The van der Waals surface area contributed by atoms with Crippen LogP contribution in [0.4, 0.5) is 4.39 Å². The molecule has 0 aliphatic rings. The van der Waals surface area contributed by atoms with Gasteiger partial charge in [-0.3, -0.25) is 0 Å². The van der Waals surface area contributed by atoms with Crippen LogP contribution in [0.5, 0.6) is 11.6 Å². The van der Waals surface area contributed by atoms with Crippen molar-refractivity contribution in [2.75, 3.05) is 6.61 Å². The van der Waals surface area contributed by atoms with Gasteiger partial charge in [-0.2, -0.15) is 0 Å². The summed E-state index contributed by atoms with van der Waals surface area (Å²) in [6.07, 6.45) is 1.28. The van der Waals surface area contributed by atoms with Gasteiger partial charge in [0, 0.05) is 6.20 Å². The largest absolute Gasteiger partial charge is 0.462 e. The van der Waals surface area contributed by atoms with Crippen molar-refractivity contribution in [2.45, 2.75) is 6.92 Å². The normalized spacial score (nSPS) is 10.2. The molecule has 0 aliphatic heterocycles. The minimum absolute atomic E-state index is 0.182. The van der Waals surface area contributed by atoms with Crippen LogP contribution < -0.4 is 4.74 Å². The highest BCUT2D eigenvalue weighted by Crippen LogP contribution is 2.24. The third kappa shape index (κ3) is 3.45. The fraction of sp³-hybridized carbons (Fsp3) is 0.143. The maximum absolute atomic E-state index is 13.5. The van der Waals surface area contributed by atoms with E-state index in [4.69, 9.17) is 21.1 Å². The Balaban J connectivity index is 2.12. The molecule has 0 bridgehead atoms. The second-order valence-corrected chi connectivity index (χ2v) is 4.22. The highest BCUT2D eigenvalue weighted by atomic mass is 35.5. The Morgan fingerprint density at radius 3 is 2.65 bits per heavy atom. The van der Waals surface area contributed by atoms with Crippen molar-refractivity contribution in [1.82, 2.24) is 4.98 Å². The molecule has 0 radical (unpaired) electrons. The first-order valence-electron chi connectivity index (χ1n) is 5.86. The lowest BCUT2D eigenvalue weighted by molar-refractivity contribution is 0.0526. The molecule has 104 valence electrons. The van der Waals surface area contributed by atoms with Crippen LogP contribution in [0.1, 0.15) is 17.3 Å². The molecule has 2 rings (SSSR count). The SMILES string of the molecule is CCOC(=O)c1ccc(Oc2ncc(Cl)cc2F)cc1. The molecule has 0 amide bonds. The summed E-state index contributed by atoms with van der Waals surface area (Å²) in [6, 6.07) is 7.23. The van der Waals surface area contributed by atoms with Gasteiger partial charge < -0.3 is 9.47 Å². The first-order valence-corrected chi connectivity index (χ1v) is 6.24. The van der Waals surface area contributed by atoms with Crippen molar-refractivity contribution >= 4 is 17.6 Å². The molecule has 0 N–H and O–H groups in total. The summed E-state index contributed by atoms with van der Waals surface area (Å²) < 4.78 is 23.6. The Bertz CT molecular complexity index is 616. The first kappa shape index (κ1) is 14.3. The average molecular weight is 296 g/mol. The van der Waals surface area contributed by atoms with Crippen LogP contribution in [-0.4, -0.2) is 17.6 Å². The highest BCUT2D eigenvalue weighted by Gasteiger charge is 2.09. The molecule has 1 heterocycles. The summed E-state index contributed by atoms with van der Waals surface area (Å²) in [5, 5.41) is 0.188. The zero-order chi connectivity index (χ0) is 14.5. The number of nitrogens with zero attached hydrogens (tertiary/aromatic N) is 1. The number of ether oxygens (including phenoxy) is 2. The first-order chi connectivity index (χ1) is 9.60. The Kier molecular flexibility index (Phi) is 4.53. The number of benzene rings is 1. The van der Waals surface area contributed by atoms with Crippen molar-refractivity contribution in [3.63, 3.8) is 0 Å². The van der Waals surface area contributed by atoms with Gasteiger partial charge in [0.1, 0.15) is 5.75 Å². The molecule has 6 heteroatoms. The van der Waals surface area contributed by atoms with Gasteiger partial charge in [-0.05, 0) is 37.3 Å². The van der Waals surface area contributed by atoms with Crippen LogP contribution in [0.3, 0.4) is 0 Å². The van der Waals surface area contributed by atoms with E-state index >= 15 is 0 Å². The maximum Gasteiger partial charge on any atom is 0.338 e. The molecule has 0 unspecified atom stereocenters. The number of hydrogen-bond acceptors (Lipinski definition) is 4. The molecule has 4 nitrogen and oxygen atoms in total. The van der Waals surface area contributed by atoms with E-state index in [0.29, 0.717) is 17.9 Å². The molecule has 0 fully saturated rings. The molecule has 1 aromatic heterocycles. The fourth-order valence-corrected chi connectivity index (χ4v) is 1.61. The molecular weight excluding hydrogens is 285 g/mol. The molecule has 20 heavy (non-hydrogen) atoms. The van der Waals surface area contributed by atoms with Crippen LogP contribution >= 0.6 is 11.6 Å². The van der Waals surface area contributed by atoms with E-state index in [2.05, 4.69) is 4.98 Å². The van der Waals surface area contributed by atoms with Gasteiger partial charge in [-0.15, -0.1) is 0 Å². The standard InChI is InChI=1S/C14H11ClFNO3/c1-2-19-14(18)9-3-5-11(6-4-9)20-13-12(16)7-10(15)8-17-13/h3-8H,2H2,1H3. The Morgan fingerprint density at radius 1 is 1.35 bits per heavy atom. The summed E-state index contributed by atoms with van der Waals surface area (Å²) >= 11 is 5.60. The van der Waals surface area contributed by atoms with Gasteiger partial charge in [-0.25, -0.2) is 14.2 Å². The number of rotatable bonds is 4. The Morgan fingerprint density at radius 2 is 2.05 bits per heavy atom. The van der Waals surface area contributed by atoms with Crippen molar-refractivity contribution in [3.8, 4) is 11.6 Å². The average Bonchev–Trinajstić information content (AvgIpc) is 2.43. The van der Waals surface area contributed by atoms with Gasteiger partial charge in [0.15, 0.2) is 5.82 Å². The lowest BCUT2D eigenvalue weighted by Crippen LogP contribution is -2.04. The minimum atomic E-state index is -0.660. The summed E-state index contributed by atoms with van der Waals surface area (Å²) in [7, 11) is 0. The zero-order valence-corrected chi connectivity index (χ0v) is 11.4. The third-order valence-electron chi connectivity index (χ3n) is 2.35. The summed E-state index contributed by atoms with van der Waals surface area (Å²) in [5.41, 5.74) is 0.392. The number of aromatic nitrogens is 1. The maximum atomic E-state index is 13.5. The monoisotopic (exact) mass is 295 g/mol. The van der Waals surface area contributed by atoms with Gasteiger partial charge in [0.25, 0.3) is 5.88 Å². The van der Waals surface area contributed by atoms with Crippen LogP contribution in [0.2, 0.25) is 5.02 Å². The van der Waals surface area contributed by atoms with Gasteiger partial charge >= 0.3 is 5.97 Å². The predicted molar refractivity (Wildman–Crippen MR) is 71.7 cm³/mol. The fourth-order valence-electron chi connectivity index (χ4n) is 1.46. The zero-order valence-electron chi connectivity index (χ0n) is 10.6. The lowest BCUT2D eigenvalue weighted by atomic mass is 10.2. The van der Waals surface area contributed by atoms with Crippen LogP contribution in [-0.2, 0) is 4.74 Å². The number of esters is 1. The molecule has 0 spiro atoms. The molecule has 1 aromatic carbocycles.